The Labute approximate surface area is 167 Å². The van der Waals surface area contributed by atoms with Crippen molar-refractivity contribution in [2.24, 2.45) is 0 Å². The van der Waals surface area contributed by atoms with Crippen LogP contribution in [0.3, 0.4) is 0 Å². The number of methoxy groups -OCH3 is 1. The molecule has 0 radical (unpaired) electrons. The second kappa shape index (κ2) is 7.71. The number of hydrogen-bond acceptors (Lipinski definition) is 4. The van der Waals surface area contributed by atoms with Crippen molar-refractivity contribution in [2.45, 2.75) is 24.9 Å². The first-order valence-electron chi connectivity index (χ1n) is 9.39. The summed E-state index contributed by atoms with van der Waals surface area (Å²) in [4.78, 5) is 31.9. The van der Waals surface area contributed by atoms with Crippen LogP contribution in [-0.4, -0.2) is 42.6 Å². The lowest BCUT2D eigenvalue weighted by Gasteiger charge is -2.40. The van der Waals surface area contributed by atoms with Gasteiger partial charge in [0, 0.05) is 18.7 Å². The summed E-state index contributed by atoms with van der Waals surface area (Å²) in [7, 11) is 1.56. The predicted molar refractivity (Wildman–Crippen MR) is 103 cm³/mol. The number of carbonyl (C=O) groups excluding carboxylic acids is 2. The van der Waals surface area contributed by atoms with E-state index in [0.29, 0.717) is 37.2 Å². The summed E-state index contributed by atoms with van der Waals surface area (Å²) in [5.74, 6) is 0.231. The molecule has 0 aliphatic carbocycles. The van der Waals surface area contributed by atoms with E-state index in [1.54, 1.807) is 30.2 Å². The summed E-state index contributed by atoms with van der Waals surface area (Å²) in [6.45, 7) is 0.973. The van der Waals surface area contributed by atoms with Gasteiger partial charge in [-0.2, -0.15) is 0 Å². The summed E-state index contributed by atoms with van der Waals surface area (Å²) in [5, 5.41) is 2.94. The number of carbonyl (C=O) groups is 2. The molecule has 8 heteroatoms. The highest BCUT2D eigenvalue weighted by Crippen LogP contribution is 2.29. The molecule has 4 rings (SSSR count). The van der Waals surface area contributed by atoms with Gasteiger partial charge in [-0.1, -0.05) is 18.2 Å². The van der Waals surface area contributed by atoms with Crippen molar-refractivity contribution >= 4 is 11.9 Å². The van der Waals surface area contributed by atoms with Gasteiger partial charge in [-0.3, -0.25) is 9.63 Å². The number of benzene rings is 2. The van der Waals surface area contributed by atoms with E-state index in [0.717, 1.165) is 11.1 Å². The Kier molecular flexibility index (Phi) is 5.10. The molecule has 3 amide bonds. The first kappa shape index (κ1) is 19.2. The summed E-state index contributed by atoms with van der Waals surface area (Å²) in [6, 6.07) is 11.3. The minimum atomic E-state index is -0.751. The molecule has 7 nitrogen and oxygen atoms in total. The molecule has 2 N–H and O–H groups in total. The van der Waals surface area contributed by atoms with Crippen molar-refractivity contribution < 1.29 is 23.6 Å². The van der Waals surface area contributed by atoms with E-state index in [4.69, 9.17) is 9.57 Å². The molecule has 2 heterocycles. The van der Waals surface area contributed by atoms with Gasteiger partial charge in [-0.25, -0.2) is 14.7 Å². The van der Waals surface area contributed by atoms with E-state index < -0.39 is 11.6 Å². The molecule has 0 spiro atoms. The van der Waals surface area contributed by atoms with Crippen LogP contribution in [0.5, 0.6) is 5.75 Å². The largest absolute Gasteiger partial charge is 0.497 e. The molecule has 1 saturated heterocycles. The number of fused-ring (bicyclic) bond motifs is 1. The number of nitrogens with one attached hydrogen (secondary N) is 2. The number of nitrogens with zero attached hydrogens (tertiary/aromatic N) is 1. The van der Waals surface area contributed by atoms with Crippen molar-refractivity contribution in [1.29, 1.82) is 0 Å². The van der Waals surface area contributed by atoms with Gasteiger partial charge >= 0.3 is 6.03 Å². The van der Waals surface area contributed by atoms with Crippen molar-refractivity contribution in [3.05, 3.63) is 65.0 Å². The van der Waals surface area contributed by atoms with E-state index >= 15 is 0 Å². The summed E-state index contributed by atoms with van der Waals surface area (Å²) >= 11 is 0. The Bertz CT molecular complexity index is 934. The third-order valence-corrected chi connectivity index (χ3v) is 5.39. The number of amides is 3. The second-order valence-corrected chi connectivity index (χ2v) is 7.44. The molecule has 2 aromatic carbocycles. The maximum atomic E-state index is 13.2. The van der Waals surface area contributed by atoms with Gasteiger partial charge in [0.1, 0.15) is 11.6 Å². The normalized spacial score (nSPS) is 20.8. The van der Waals surface area contributed by atoms with E-state index in [2.05, 4.69) is 10.8 Å². The van der Waals surface area contributed by atoms with Gasteiger partial charge in [0.2, 0.25) is 0 Å². The van der Waals surface area contributed by atoms with E-state index in [1.165, 1.54) is 12.1 Å². The number of aryl methyl sites for hydroxylation is 1. The molecule has 0 unspecified atom stereocenters. The fourth-order valence-electron chi connectivity index (χ4n) is 3.84. The maximum Gasteiger partial charge on any atom is 0.339 e. The van der Waals surface area contributed by atoms with Crippen LogP contribution in [0.4, 0.5) is 9.18 Å². The minimum absolute atomic E-state index is 0.104. The van der Waals surface area contributed by atoms with Crippen LogP contribution in [0.25, 0.3) is 0 Å². The van der Waals surface area contributed by atoms with E-state index in [9.17, 15) is 14.0 Å². The Morgan fingerprint density at radius 1 is 1.21 bits per heavy atom. The molecular formula is C21H22FN3O4. The first-order chi connectivity index (χ1) is 14.0. The highest BCUT2D eigenvalue weighted by molar-refractivity contribution is 5.98. The van der Waals surface area contributed by atoms with E-state index in [-0.39, 0.29) is 18.3 Å². The summed E-state index contributed by atoms with van der Waals surface area (Å²) < 4.78 is 18.4. The fourth-order valence-corrected chi connectivity index (χ4v) is 3.84. The summed E-state index contributed by atoms with van der Waals surface area (Å²) in [6.07, 6.45) is 1.14. The van der Waals surface area contributed by atoms with Gasteiger partial charge in [-0.05, 0) is 48.2 Å². The second-order valence-electron chi connectivity index (χ2n) is 7.44. The molecule has 2 aliphatic heterocycles. The zero-order valence-electron chi connectivity index (χ0n) is 16.0. The Balaban J connectivity index is 1.52. The lowest BCUT2D eigenvalue weighted by atomic mass is 9.90. The molecule has 1 atom stereocenters. The average molecular weight is 399 g/mol. The van der Waals surface area contributed by atoms with Gasteiger partial charge < -0.3 is 15.0 Å². The third kappa shape index (κ3) is 4.02. The molecule has 2 aromatic rings. The SMILES string of the molecule is COc1ccc2c(c1)C(=O)N(C[C@]1(CCc3ccc(F)cc3)CONC(=O)N1)C2. The van der Waals surface area contributed by atoms with Crippen LogP contribution in [-0.2, 0) is 17.8 Å². The van der Waals surface area contributed by atoms with Gasteiger partial charge in [0.05, 0.1) is 19.3 Å². The smallest absolute Gasteiger partial charge is 0.339 e. The van der Waals surface area contributed by atoms with Crippen LogP contribution in [0, 0.1) is 5.82 Å². The van der Waals surface area contributed by atoms with Crippen molar-refractivity contribution in [2.75, 3.05) is 20.3 Å². The Morgan fingerprint density at radius 3 is 2.72 bits per heavy atom. The summed E-state index contributed by atoms with van der Waals surface area (Å²) in [5.41, 5.74) is 4.02. The lowest BCUT2D eigenvalue weighted by molar-refractivity contribution is -0.0227. The van der Waals surface area contributed by atoms with Crippen LogP contribution < -0.4 is 15.5 Å². The lowest BCUT2D eigenvalue weighted by Crippen LogP contribution is -2.65. The standard InChI is InChI=1S/C21H22FN3O4/c1-28-17-7-4-15-11-25(19(26)18(15)10-17)12-21(13-29-24-20(27)23-21)9-8-14-2-5-16(22)6-3-14/h2-7,10H,8-9,11-13H2,1H3,(H2,23,24,27)/t21-/m1/s1. The molecule has 1 fully saturated rings. The Morgan fingerprint density at radius 2 is 2.00 bits per heavy atom. The third-order valence-electron chi connectivity index (χ3n) is 5.39. The minimum Gasteiger partial charge on any atom is -0.497 e. The maximum absolute atomic E-state index is 13.2. The molecular weight excluding hydrogens is 377 g/mol. The van der Waals surface area contributed by atoms with Crippen LogP contribution in [0.1, 0.15) is 27.9 Å². The molecule has 0 bridgehead atoms. The monoisotopic (exact) mass is 399 g/mol. The average Bonchev–Trinajstić information content (AvgIpc) is 3.02. The number of hydroxylamine groups is 1. The van der Waals surface area contributed by atoms with Crippen LogP contribution in [0.2, 0.25) is 0 Å². The zero-order chi connectivity index (χ0) is 20.4. The van der Waals surface area contributed by atoms with Crippen LogP contribution in [0.15, 0.2) is 42.5 Å². The van der Waals surface area contributed by atoms with Gasteiger partial charge in [0.15, 0.2) is 0 Å². The van der Waals surface area contributed by atoms with Gasteiger partial charge in [0.25, 0.3) is 5.91 Å². The fraction of sp³-hybridized carbons (Fsp3) is 0.333. The van der Waals surface area contributed by atoms with Crippen LogP contribution >= 0.6 is 0 Å². The number of hydrogen-bond donors (Lipinski definition) is 2. The molecule has 2 aliphatic rings. The molecule has 0 aromatic heterocycles. The quantitative estimate of drug-likeness (QED) is 0.782. The number of halogens is 1. The topological polar surface area (TPSA) is 79.9 Å². The highest BCUT2D eigenvalue weighted by Gasteiger charge is 2.41. The van der Waals surface area contributed by atoms with E-state index in [1.807, 2.05) is 12.1 Å². The predicted octanol–water partition coefficient (Wildman–Crippen LogP) is 2.41. The van der Waals surface area contributed by atoms with Crippen molar-refractivity contribution in [3.8, 4) is 5.75 Å². The number of rotatable bonds is 6. The zero-order valence-corrected chi connectivity index (χ0v) is 16.0. The number of urea groups is 1. The highest BCUT2D eigenvalue weighted by atomic mass is 19.1. The van der Waals surface area contributed by atoms with Crippen molar-refractivity contribution in [1.82, 2.24) is 15.7 Å². The molecule has 29 heavy (non-hydrogen) atoms. The Hall–Kier alpha value is -3.13. The number of ether oxygens (including phenoxy) is 1. The molecule has 152 valence electrons. The van der Waals surface area contributed by atoms with Crippen molar-refractivity contribution in [3.63, 3.8) is 0 Å². The molecule has 0 saturated carbocycles. The first-order valence-corrected chi connectivity index (χ1v) is 9.39. The van der Waals surface area contributed by atoms with Gasteiger partial charge in [-0.15, -0.1) is 0 Å².